The Kier molecular flexibility index (Phi) is 4.33. The number of rotatable bonds is 5. The highest BCUT2D eigenvalue weighted by molar-refractivity contribution is 5.46. The molecule has 0 aliphatic heterocycles. The Bertz CT molecular complexity index is 376. The van der Waals surface area contributed by atoms with Crippen molar-refractivity contribution in [2.45, 2.75) is 38.7 Å². The molecule has 2 atom stereocenters. The summed E-state index contributed by atoms with van der Waals surface area (Å²) in [5.74, 6) is 8.07. The number of hydrogen-bond donors (Lipinski definition) is 4. The van der Waals surface area contributed by atoms with Gasteiger partial charge in [-0.15, -0.1) is 0 Å². The predicted octanol–water partition coefficient (Wildman–Crippen LogP) is 0.897. The van der Waals surface area contributed by atoms with Gasteiger partial charge in [0.2, 0.25) is 0 Å². The number of anilines is 2. The van der Waals surface area contributed by atoms with E-state index in [0.29, 0.717) is 11.7 Å². The van der Waals surface area contributed by atoms with Crippen molar-refractivity contribution in [3.63, 3.8) is 0 Å². The molecule has 1 aromatic rings. The SMILES string of the molecule is CCc1nc(NN)cc(NCC2CCC(O)C2)n1. The third-order valence-electron chi connectivity index (χ3n) is 3.32. The van der Waals surface area contributed by atoms with Gasteiger partial charge in [0, 0.05) is 19.0 Å². The first-order chi connectivity index (χ1) is 8.71. The normalized spacial score (nSPS) is 23.1. The molecular weight excluding hydrogens is 230 g/mol. The van der Waals surface area contributed by atoms with Gasteiger partial charge in [0.1, 0.15) is 17.5 Å². The lowest BCUT2D eigenvalue weighted by molar-refractivity contribution is 0.178. The van der Waals surface area contributed by atoms with Gasteiger partial charge in [0.15, 0.2) is 0 Å². The van der Waals surface area contributed by atoms with Crippen LogP contribution in [0.1, 0.15) is 32.0 Å². The van der Waals surface area contributed by atoms with Crippen LogP contribution in [0.3, 0.4) is 0 Å². The van der Waals surface area contributed by atoms with Crippen LogP contribution >= 0.6 is 0 Å². The minimum Gasteiger partial charge on any atom is -0.393 e. The number of aromatic nitrogens is 2. The van der Waals surface area contributed by atoms with Crippen molar-refractivity contribution in [2.75, 3.05) is 17.3 Å². The smallest absolute Gasteiger partial charge is 0.145 e. The number of nitrogen functional groups attached to an aromatic ring is 1. The van der Waals surface area contributed by atoms with Crippen LogP contribution in [0.15, 0.2) is 6.07 Å². The molecular formula is C12H21N5O. The summed E-state index contributed by atoms with van der Waals surface area (Å²) in [5.41, 5.74) is 2.55. The van der Waals surface area contributed by atoms with Crippen molar-refractivity contribution in [1.82, 2.24) is 9.97 Å². The third-order valence-corrected chi connectivity index (χ3v) is 3.32. The van der Waals surface area contributed by atoms with Gasteiger partial charge in [-0.05, 0) is 25.2 Å². The van der Waals surface area contributed by atoms with Crippen molar-refractivity contribution >= 4 is 11.6 Å². The lowest BCUT2D eigenvalue weighted by Gasteiger charge is -2.12. The second kappa shape index (κ2) is 5.97. The minimum atomic E-state index is -0.130. The molecule has 1 heterocycles. The van der Waals surface area contributed by atoms with Gasteiger partial charge in [0.25, 0.3) is 0 Å². The van der Waals surface area contributed by atoms with E-state index >= 15 is 0 Å². The molecule has 5 N–H and O–H groups in total. The number of aliphatic hydroxyl groups excluding tert-OH is 1. The highest BCUT2D eigenvalue weighted by Crippen LogP contribution is 2.25. The summed E-state index contributed by atoms with van der Waals surface area (Å²) in [5, 5.41) is 12.8. The van der Waals surface area contributed by atoms with Gasteiger partial charge in [-0.2, -0.15) is 0 Å². The zero-order valence-corrected chi connectivity index (χ0v) is 10.7. The van der Waals surface area contributed by atoms with Gasteiger partial charge < -0.3 is 15.8 Å². The van der Waals surface area contributed by atoms with Crippen LogP contribution in [0.5, 0.6) is 0 Å². The average molecular weight is 251 g/mol. The Balaban J connectivity index is 1.95. The maximum atomic E-state index is 9.48. The fourth-order valence-corrected chi connectivity index (χ4v) is 2.30. The second-order valence-corrected chi connectivity index (χ2v) is 4.77. The van der Waals surface area contributed by atoms with E-state index in [0.717, 1.165) is 43.9 Å². The number of nitrogens with zero attached hydrogens (tertiary/aromatic N) is 2. The Labute approximate surface area is 107 Å². The maximum Gasteiger partial charge on any atom is 0.145 e. The molecule has 0 bridgehead atoms. The monoisotopic (exact) mass is 251 g/mol. The van der Waals surface area contributed by atoms with E-state index in [4.69, 9.17) is 5.84 Å². The minimum absolute atomic E-state index is 0.130. The van der Waals surface area contributed by atoms with Gasteiger partial charge in [-0.1, -0.05) is 6.92 Å². The molecule has 0 aromatic carbocycles. The van der Waals surface area contributed by atoms with Crippen LogP contribution in [0.2, 0.25) is 0 Å². The molecule has 0 spiro atoms. The van der Waals surface area contributed by atoms with Crippen LogP contribution in [0.25, 0.3) is 0 Å². The fourth-order valence-electron chi connectivity index (χ4n) is 2.30. The number of nitrogens with two attached hydrogens (primary N) is 1. The molecule has 1 aliphatic rings. The van der Waals surface area contributed by atoms with Crippen LogP contribution in [0, 0.1) is 5.92 Å². The molecule has 1 aliphatic carbocycles. The number of nitrogens with one attached hydrogen (secondary N) is 2. The zero-order chi connectivity index (χ0) is 13.0. The lowest BCUT2D eigenvalue weighted by atomic mass is 10.1. The van der Waals surface area contributed by atoms with E-state index in [-0.39, 0.29) is 6.10 Å². The quantitative estimate of drug-likeness (QED) is 0.458. The second-order valence-electron chi connectivity index (χ2n) is 4.77. The molecule has 6 nitrogen and oxygen atoms in total. The summed E-state index contributed by atoms with van der Waals surface area (Å²) >= 11 is 0. The summed E-state index contributed by atoms with van der Waals surface area (Å²) in [6, 6.07) is 1.80. The van der Waals surface area contributed by atoms with Crippen LogP contribution in [-0.4, -0.2) is 27.7 Å². The van der Waals surface area contributed by atoms with Crippen LogP contribution < -0.4 is 16.6 Å². The van der Waals surface area contributed by atoms with E-state index in [1.807, 2.05) is 6.92 Å². The standard InChI is InChI=1S/C12H21N5O/c1-2-10-15-11(6-12(16-10)17-13)14-7-8-3-4-9(18)5-8/h6,8-9,18H,2-5,7,13H2,1H3,(H2,14,15,16,17). The molecule has 0 saturated heterocycles. The highest BCUT2D eigenvalue weighted by Gasteiger charge is 2.22. The van der Waals surface area contributed by atoms with E-state index in [2.05, 4.69) is 20.7 Å². The van der Waals surface area contributed by atoms with Gasteiger partial charge in [-0.25, -0.2) is 15.8 Å². The number of hydrogen-bond acceptors (Lipinski definition) is 6. The summed E-state index contributed by atoms with van der Waals surface area (Å²) in [6.45, 7) is 2.84. The summed E-state index contributed by atoms with van der Waals surface area (Å²) in [6.07, 6.45) is 3.50. The molecule has 2 unspecified atom stereocenters. The van der Waals surface area contributed by atoms with Crippen molar-refractivity contribution < 1.29 is 5.11 Å². The Morgan fingerprint density at radius 2 is 2.17 bits per heavy atom. The molecule has 0 amide bonds. The van der Waals surface area contributed by atoms with Crippen molar-refractivity contribution in [2.24, 2.45) is 11.8 Å². The first-order valence-electron chi connectivity index (χ1n) is 6.47. The number of hydrazine groups is 1. The van der Waals surface area contributed by atoms with Crippen molar-refractivity contribution in [3.8, 4) is 0 Å². The Morgan fingerprint density at radius 3 is 2.78 bits per heavy atom. The maximum absolute atomic E-state index is 9.48. The van der Waals surface area contributed by atoms with E-state index in [9.17, 15) is 5.11 Å². The molecule has 1 fully saturated rings. The summed E-state index contributed by atoms with van der Waals surface area (Å²) in [4.78, 5) is 8.63. The molecule has 18 heavy (non-hydrogen) atoms. The first-order valence-corrected chi connectivity index (χ1v) is 6.47. The molecule has 0 radical (unpaired) electrons. The average Bonchev–Trinajstić information content (AvgIpc) is 2.81. The lowest BCUT2D eigenvalue weighted by Crippen LogP contribution is -2.16. The number of aryl methyl sites for hydroxylation is 1. The topological polar surface area (TPSA) is 96.1 Å². The van der Waals surface area contributed by atoms with Gasteiger partial charge in [-0.3, -0.25) is 0 Å². The third kappa shape index (κ3) is 3.30. The largest absolute Gasteiger partial charge is 0.393 e. The van der Waals surface area contributed by atoms with Gasteiger partial charge >= 0.3 is 0 Å². The van der Waals surface area contributed by atoms with E-state index in [1.54, 1.807) is 6.07 Å². The molecule has 1 aromatic heterocycles. The van der Waals surface area contributed by atoms with E-state index < -0.39 is 0 Å². The van der Waals surface area contributed by atoms with Crippen LogP contribution in [-0.2, 0) is 6.42 Å². The molecule has 100 valence electrons. The fraction of sp³-hybridized carbons (Fsp3) is 0.667. The first kappa shape index (κ1) is 13.0. The number of aliphatic hydroxyl groups is 1. The molecule has 6 heteroatoms. The summed E-state index contributed by atoms with van der Waals surface area (Å²) < 4.78 is 0. The highest BCUT2D eigenvalue weighted by atomic mass is 16.3. The van der Waals surface area contributed by atoms with Crippen molar-refractivity contribution in [1.29, 1.82) is 0 Å². The predicted molar refractivity (Wildman–Crippen MR) is 71.1 cm³/mol. The van der Waals surface area contributed by atoms with Crippen LogP contribution in [0.4, 0.5) is 11.6 Å². The molecule has 1 saturated carbocycles. The van der Waals surface area contributed by atoms with Crippen molar-refractivity contribution in [3.05, 3.63) is 11.9 Å². The summed E-state index contributed by atoms with van der Waals surface area (Å²) in [7, 11) is 0. The Hall–Kier alpha value is -1.40. The zero-order valence-electron chi connectivity index (χ0n) is 10.7. The molecule has 2 rings (SSSR count). The Morgan fingerprint density at radius 1 is 1.39 bits per heavy atom. The van der Waals surface area contributed by atoms with Gasteiger partial charge in [0.05, 0.1) is 6.10 Å². The van der Waals surface area contributed by atoms with E-state index in [1.165, 1.54) is 0 Å².